The van der Waals surface area contributed by atoms with Gasteiger partial charge in [-0.15, -0.1) is 0 Å². The Morgan fingerprint density at radius 3 is 2.53 bits per heavy atom. The van der Waals surface area contributed by atoms with Gasteiger partial charge < -0.3 is 5.11 Å². The fourth-order valence-corrected chi connectivity index (χ4v) is 6.40. The lowest BCUT2D eigenvalue weighted by Gasteiger charge is -2.42. The van der Waals surface area contributed by atoms with Gasteiger partial charge in [0.1, 0.15) is 5.75 Å². The molecule has 0 saturated carbocycles. The number of hydrogen-bond donors (Lipinski definition) is 1. The molecule has 34 heavy (non-hydrogen) atoms. The molecule has 3 aliphatic carbocycles. The highest BCUT2D eigenvalue weighted by atomic mass is 16.3. The molecule has 1 N–H and O–H groups in total. The maximum atomic E-state index is 13.3. The molecule has 1 heterocycles. The number of benzene rings is 2. The molecule has 4 unspecified atom stereocenters. The molecule has 1 fully saturated rings. The molecule has 0 radical (unpaired) electrons. The van der Waals surface area contributed by atoms with E-state index in [1.54, 1.807) is 13.0 Å². The third-order valence-electron chi connectivity index (χ3n) is 8.03. The maximum absolute atomic E-state index is 13.3. The molecule has 6 heteroatoms. The van der Waals surface area contributed by atoms with Gasteiger partial charge in [-0.3, -0.25) is 24.1 Å². The van der Waals surface area contributed by atoms with Gasteiger partial charge in [0, 0.05) is 40.6 Å². The molecule has 1 saturated heterocycles. The number of fused-ring (bicyclic) bond motifs is 4. The number of Topliss-reactive ketones (excluding diaryl/α,β-unsaturated/α-hetero) is 1. The zero-order valence-corrected chi connectivity index (χ0v) is 18.9. The summed E-state index contributed by atoms with van der Waals surface area (Å²) in [6, 6.07) is 11.1. The normalized spacial score (nSPS) is 28.6. The second kappa shape index (κ2) is 7.10. The predicted octanol–water partition coefficient (Wildman–Crippen LogP) is 3.60. The van der Waals surface area contributed by atoms with E-state index in [2.05, 4.69) is 0 Å². The van der Waals surface area contributed by atoms with Crippen molar-refractivity contribution in [1.29, 1.82) is 0 Å². The van der Waals surface area contributed by atoms with Crippen molar-refractivity contribution in [2.75, 3.05) is 7.05 Å². The molecule has 4 aliphatic rings. The van der Waals surface area contributed by atoms with Crippen LogP contribution in [0.15, 0.2) is 70.8 Å². The first kappa shape index (κ1) is 20.8. The Hall–Kier alpha value is -3.80. The summed E-state index contributed by atoms with van der Waals surface area (Å²) < 4.78 is 0. The van der Waals surface area contributed by atoms with Crippen LogP contribution in [-0.4, -0.2) is 40.4 Å². The average molecular weight is 453 g/mol. The van der Waals surface area contributed by atoms with Crippen LogP contribution in [0.25, 0.3) is 10.8 Å². The van der Waals surface area contributed by atoms with E-state index >= 15 is 0 Å². The largest absolute Gasteiger partial charge is 0.507 e. The number of amides is 2. The maximum Gasteiger partial charge on any atom is 0.233 e. The minimum absolute atomic E-state index is 0.0658. The molecule has 2 aromatic carbocycles. The van der Waals surface area contributed by atoms with Gasteiger partial charge in [0.05, 0.1) is 11.8 Å². The van der Waals surface area contributed by atoms with Crippen molar-refractivity contribution in [3.63, 3.8) is 0 Å². The van der Waals surface area contributed by atoms with Gasteiger partial charge in [-0.25, -0.2) is 0 Å². The van der Waals surface area contributed by atoms with E-state index in [-0.39, 0.29) is 41.5 Å². The summed E-state index contributed by atoms with van der Waals surface area (Å²) >= 11 is 0. The standard InChI is InChI=1S/C28H23NO5/c1-13-11-21(30)24-20(25(13)31)12-19-16(9-10-18-23(19)28(34)29(2)27(18)33)22(24)17-8-7-14-5-3-4-6-15(14)26(17)32/h3-9,11,18-19,22-23,32H,10,12H2,1-2H3. The zero-order valence-electron chi connectivity index (χ0n) is 18.9. The zero-order chi connectivity index (χ0) is 23.9. The van der Waals surface area contributed by atoms with E-state index in [4.69, 9.17) is 0 Å². The second-order valence-corrected chi connectivity index (χ2v) is 9.69. The van der Waals surface area contributed by atoms with Crippen LogP contribution < -0.4 is 0 Å². The molecule has 0 spiro atoms. The molecule has 6 rings (SSSR count). The first-order valence-electron chi connectivity index (χ1n) is 11.5. The fourth-order valence-electron chi connectivity index (χ4n) is 6.40. The number of phenols is 1. The number of ketones is 2. The molecule has 170 valence electrons. The van der Waals surface area contributed by atoms with E-state index in [0.29, 0.717) is 34.1 Å². The molecule has 4 atom stereocenters. The fraction of sp³-hybridized carbons (Fsp3) is 0.286. The van der Waals surface area contributed by atoms with Crippen LogP contribution in [0, 0.1) is 17.8 Å². The Morgan fingerprint density at radius 2 is 1.74 bits per heavy atom. The quantitative estimate of drug-likeness (QED) is 0.405. The molecule has 2 amide bonds. The van der Waals surface area contributed by atoms with E-state index in [9.17, 15) is 24.3 Å². The SMILES string of the molecule is CC1=CC(=O)C2=C(CC3C(=CCC4C(=O)N(C)C(=O)C43)C2c2ccc3ccccc3c2O)C1=O. The Kier molecular flexibility index (Phi) is 4.34. The van der Waals surface area contributed by atoms with Crippen LogP contribution in [0.5, 0.6) is 5.75 Å². The van der Waals surface area contributed by atoms with Gasteiger partial charge in [0.2, 0.25) is 11.8 Å². The van der Waals surface area contributed by atoms with Crippen molar-refractivity contribution in [1.82, 2.24) is 4.90 Å². The van der Waals surface area contributed by atoms with E-state index in [1.807, 2.05) is 36.4 Å². The monoisotopic (exact) mass is 453 g/mol. The van der Waals surface area contributed by atoms with Crippen molar-refractivity contribution in [3.05, 3.63) is 76.4 Å². The number of carbonyl (C=O) groups excluding carboxylic acids is 4. The number of nitrogens with zero attached hydrogens (tertiary/aromatic N) is 1. The summed E-state index contributed by atoms with van der Waals surface area (Å²) in [5, 5.41) is 12.8. The summed E-state index contributed by atoms with van der Waals surface area (Å²) in [5.41, 5.74) is 2.54. The summed E-state index contributed by atoms with van der Waals surface area (Å²) in [6.07, 6.45) is 3.98. The molecule has 2 aromatic rings. The van der Waals surface area contributed by atoms with E-state index in [1.165, 1.54) is 18.0 Å². The lowest BCUT2D eigenvalue weighted by atomic mass is 9.59. The second-order valence-electron chi connectivity index (χ2n) is 9.69. The van der Waals surface area contributed by atoms with Crippen molar-refractivity contribution in [3.8, 4) is 5.75 Å². The van der Waals surface area contributed by atoms with Gasteiger partial charge >= 0.3 is 0 Å². The third-order valence-corrected chi connectivity index (χ3v) is 8.03. The molecule has 1 aliphatic heterocycles. The number of rotatable bonds is 1. The summed E-state index contributed by atoms with van der Waals surface area (Å²) in [5.74, 6) is -2.85. The van der Waals surface area contributed by atoms with Gasteiger partial charge in [0.25, 0.3) is 0 Å². The number of phenolic OH excluding ortho intramolecular Hbond substituents is 1. The number of carbonyl (C=O) groups is 4. The van der Waals surface area contributed by atoms with Crippen molar-refractivity contribution < 1.29 is 24.3 Å². The third kappa shape index (κ3) is 2.62. The highest BCUT2D eigenvalue weighted by Crippen LogP contribution is 2.56. The van der Waals surface area contributed by atoms with Crippen LogP contribution in [0.2, 0.25) is 0 Å². The van der Waals surface area contributed by atoms with Gasteiger partial charge in [-0.05, 0) is 37.1 Å². The average Bonchev–Trinajstić information content (AvgIpc) is 3.06. The minimum atomic E-state index is -0.645. The lowest BCUT2D eigenvalue weighted by Crippen LogP contribution is -2.39. The Labute approximate surface area is 196 Å². The van der Waals surface area contributed by atoms with Crippen molar-refractivity contribution >= 4 is 34.2 Å². The molecule has 6 nitrogen and oxygen atoms in total. The van der Waals surface area contributed by atoms with E-state index < -0.39 is 17.8 Å². The van der Waals surface area contributed by atoms with Gasteiger partial charge in [-0.2, -0.15) is 0 Å². The van der Waals surface area contributed by atoms with Crippen molar-refractivity contribution in [2.45, 2.75) is 25.7 Å². The number of imide groups is 1. The number of hydrogen-bond acceptors (Lipinski definition) is 5. The number of allylic oxidation sites excluding steroid dienone is 6. The smallest absolute Gasteiger partial charge is 0.233 e. The lowest BCUT2D eigenvalue weighted by molar-refractivity contribution is -0.138. The molecular weight excluding hydrogens is 430 g/mol. The van der Waals surface area contributed by atoms with Crippen LogP contribution in [-0.2, 0) is 19.2 Å². The van der Waals surface area contributed by atoms with Crippen LogP contribution >= 0.6 is 0 Å². The Morgan fingerprint density at radius 1 is 0.971 bits per heavy atom. The minimum Gasteiger partial charge on any atom is -0.507 e. The summed E-state index contributed by atoms with van der Waals surface area (Å²) in [4.78, 5) is 53.5. The summed E-state index contributed by atoms with van der Waals surface area (Å²) in [7, 11) is 1.50. The van der Waals surface area contributed by atoms with Crippen LogP contribution in [0.4, 0.5) is 0 Å². The highest BCUT2D eigenvalue weighted by molar-refractivity contribution is 6.24. The molecule has 0 aromatic heterocycles. The van der Waals surface area contributed by atoms with Gasteiger partial charge in [-0.1, -0.05) is 48.0 Å². The Balaban J connectivity index is 1.60. The number of aromatic hydroxyl groups is 1. The predicted molar refractivity (Wildman–Crippen MR) is 125 cm³/mol. The van der Waals surface area contributed by atoms with E-state index in [0.717, 1.165) is 11.0 Å². The highest BCUT2D eigenvalue weighted by Gasteiger charge is 2.55. The first-order chi connectivity index (χ1) is 16.3. The Bertz CT molecular complexity index is 1440. The molecular formula is C28H23NO5. The first-order valence-corrected chi connectivity index (χ1v) is 11.5. The summed E-state index contributed by atoms with van der Waals surface area (Å²) in [6.45, 7) is 1.62. The van der Waals surface area contributed by atoms with Gasteiger partial charge in [0.15, 0.2) is 11.6 Å². The van der Waals surface area contributed by atoms with Crippen LogP contribution in [0.1, 0.15) is 31.2 Å². The number of likely N-dealkylation sites (tertiary alicyclic amines) is 1. The molecule has 0 bridgehead atoms. The topological polar surface area (TPSA) is 91.8 Å². The van der Waals surface area contributed by atoms with Crippen molar-refractivity contribution in [2.24, 2.45) is 17.8 Å². The van der Waals surface area contributed by atoms with Crippen LogP contribution in [0.3, 0.4) is 0 Å².